The van der Waals surface area contributed by atoms with Crippen molar-refractivity contribution >= 4 is 11.8 Å². The standard InChI is InChI=1S/C12H14O4/c1-9(13)10-4-2-5-11(8-10)16-7-3-6-12(14)15/h2,4-5,8H,3,6-7H2,1H3,(H,14,15). The van der Waals surface area contributed by atoms with Crippen LogP contribution in [0, 0.1) is 0 Å². The highest BCUT2D eigenvalue weighted by atomic mass is 16.5. The van der Waals surface area contributed by atoms with E-state index in [9.17, 15) is 9.59 Å². The number of Topliss-reactive ketones (excluding diaryl/α,β-unsaturated/α-hetero) is 1. The molecule has 0 spiro atoms. The quantitative estimate of drug-likeness (QED) is 0.591. The van der Waals surface area contributed by atoms with Crippen LogP contribution in [-0.4, -0.2) is 23.5 Å². The largest absolute Gasteiger partial charge is 0.494 e. The van der Waals surface area contributed by atoms with Gasteiger partial charge in [0.05, 0.1) is 6.61 Å². The van der Waals surface area contributed by atoms with E-state index in [1.165, 1.54) is 6.92 Å². The summed E-state index contributed by atoms with van der Waals surface area (Å²) in [4.78, 5) is 21.3. The van der Waals surface area contributed by atoms with Crippen molar-refractivity contribution in [3.05, 3.63) is 29.8 Å². The molecule has 1 N–H and O–H groups in total. The van der Waals surface area contributed by atoms with Crippen molar-refractivity contribution in [2.75, 3.05) is 6.61 Å². The second-order valence-corrected chi connectivity index (χ2v) is 3.43. The summed E-state index contributed by atoms with van der Waals surface area (Å²) in [5.74, 6) is -0.254. The van der Waals surface area contributed by atoms with Gasteiger partial charge >= 0.3 is 5.97 Å². The van der Waals surface area contributed by atoms with Crippen molar-refractivity contribution < 1.29 is 19.4 Å². The summed E-state index contributed by atoms with van der Waals surface area (Å²) in [6.45, 7) is 1.83. The Bertz CT molecular complexity index is 384. The fourth-order valence-electron chi connectivity index (χ4n) is 1.22. The van der Waals surface area contributed by atoms with Gasteiger partial charge < -0.3 is 9.84 Å². The van der Waals surface area contributed by atoms with Crippen molar-refractivity contribution in [3.63, 3.8) is 0 Å². The number of carbonyl (C=O) groups excluding carboxylic acids is 1. The Kier molecular flexibility index (Phi) is 4.51. The van der Waals surface area contributed by atoms with Crippen LogP contribution < -0.4 is 4.74 Å². The zero-order chi connectivity index (χ0) is 12.0. The average Bonchev–Trinajstić information content (AvgIpc) is 2.24. The Labute approximate surface area is 93.9 Å². The molecular formula is C12H14O4. The molecule has 4 heteroatoms. The first-order valence-corrected chi connectivity index (χ1v) is 5.05. The van der Waals surface area contributed by atoms with E-state index in [2.05, 4.69) is 0 Å². The number of benzene rings is 1. The zero-order valence-corrected chi connectivity index (χ0v) is 9.10. The van der Waals surface area contributed by atoms with Gasteiger partial charge in [-0.2, -0.15) is 0 Å². The van der Waals surface area contributed by atoms with Gasteiger partial charge in [-0.25, -0.2) is 0 Å². The zero-order valence-electron chi connectivity index (χ0n) is 9.10. The molecule has 0 aliphatic carbocycles. The molecule has 86 valence electrons. The molecule has 0 saturated carbocycles. The number of ether oxygens (including phenoxy) is 1. The Balaban J connectivity index is 2.45. The number of hydrogen-bond acceptors (Lipinski definition) is 3. The first-order chi connectivity index (χ1) is 7.59. The molecule has 16 heavy (non-hydrogen) atoms. The monoisotopic (exact) mass is 222 g/mol. The number of aliphatic carboxylic acids is 1. The van der Waals surface area contributed by atoms with Crippen LogP contribution in [0.5, 0.6) is 5.75 Å². The third kappa shape index (κ3) is 4.13. The van der Waals surface area contributed by atoms with Crippen molar-refractivity contribution in [3.8, 4) is 5.75 Å². The first-order valence-electron chi connectivity index (χ1n) is 5.05. The SMILES string of the molecule is CC(=O)c1cccc(OCCCC(=O)O)c1. The Morgan fingerprint density at radius 2 is 2.12 bits per heavy atom. The van der Waals surface area contributed by atoms with Crippen LogP contribution in [0.25, 0.3) is 0 Å². The molecular weight excluding hydrogens is 208 g/mol. The van der Waals surface area contributed by atoms with Gasteiger partial charge in [0.1, 0.15) is 5.75 Å². The lowest BCUT2D eigenvalue weighted by Gasteiger charge is -2.05. The fraction of sp³-hybridized carbons (Fsp3) is 0.333. The molecule has 0 unspecified atom stereocenters. The van der Waals surface area contributed by atoms with E-state index in [1.54, 1.807) is 24.3 Å². The molecule has 0 bridgehead atoms. The van der Waals surface area contributed by atoms with E-state index < -0.39 is 5.97 Å². The Morgan fingerprint density at radius 3 is 2.75 bits per heavy atom. The molecule has 1 rings (SSSR count). The predicted octanol–water partition coefficient (Wildman–Crippen LogP) is 2.13. The predicted molar refractivity (Wildman–Crippen MR) is 58.8 cm³/mol. The first kappa shape index (κ1) is 12.2. The maximum Gasteiger partial charge on any atom is 0.303 e. The van der Waals surface area contributed by atoms with Gasteiger partial charge in [-0.05, 0) is 25.5 Å². The summed E-state index contributed by atoms with van der Waals surface area (Å²) in [6.07, 6.45) is 0.548. The highest BCUT2D eigenvalue weighted by Gasteiger charge is 2.01. The van der Waals surface area contributed by atoms with Crippen molar-refractivity contribution in [1.29, 1.82) is 0 Å². The molecule has 1 aromatic rings. The average molecular weight is 222 g/mol. The topological polar surface area (TPSA) is 63.6 Å². The van der Waals surface area contributed by atoms with Gasteiger partial charge in [0, 0.05) is 12.0 Å². The molecule has 0 saturated heterocycles. The van der Waals surface area contributed by atoms with E-state index in [4.69, 9.17) is 9.84 Å². The molecule has 1 aromatic carbocycles. The minimum atomic E-state index is -0.832. The van der Waals surface area contributed by atoms with Gasteiger partial charge in [0.25, 0.3) is 0 Å². The maximum atomic E-state index is 11.1. The van der Waals surface area contributed by atoms with Gasteiger partial charge in [0.2, 0.25) is 0 Å². The van der Waals surface area contributed by atoms with Crippen LogP contribution >= 0.6 is 0 Å². The van der Waals surface area contributed by atoms with E-state index in [-0.39, 0.29) is 12.2 Å². The Morgan fingerprint density at radius 1 is 1.38 bits per heavy atom. The smallest absolute Gasteiger partial charge is 0.303 e. The third-order valence-corrected chi connectivity index (χ3v) is 2.04. The lowest BCUT2D eigenvalue weighted by Crippen LogP contribution is -2.02. The van der Waals surface area contributed by atoms with Crippen LogP contribution in [0.15, 0.2) is 24.3 Å². The van der Waals surface area contributed by atoms with Gasteiger partial charge in [-0.15, -0.1) is 0 Å². The lowest BCUT2D eigenvalue weighted by atomic mass is 10.1. The molecule has 0 atom stereocenters. The van der Waals surface area contributed by atoms with Crippen molar-refractivity contribution in [2.24, 2.45) is 0 Å². The third-order valence-electron chi connectivity index (χ3n) is 2.04. The van der Waals surface area contributed by atoms with Crippen LogP contribution in [0.1, 0.15) is 30.1 Å². The Hall–Kier alpha value is -1.84. The van der Waals surface area contributed by atoms with E-state index in [1.807, 2.05) is 0 Å². The van der Waals surface area contributed by atoms with E-state index in [0.29, 0.717) is 24.3 Å². The molecule has 0 aliphatic heterocycles. The minimum Gasteiger partial charge on any atom is -0.494 e. The lowest BCUT2D eigenvalue weighted by molar-refractivity contribution is -0.137. The highest BCUT2D eigenvalue weighted by molar-refractivity contribution is 5.94. The fourth-order valence-corrected chi connectivity index (χ4v) is 1.22. The molecule has 0 fully saturated rings. The molecule has 0 heterocycles. The second kappa shape index (κ2) is 5.90. The van der Waals surface area contributed by atoms with E-state index in [0.717, 1.165) is 0 Å². The number of ketones is 1. The van der Waals surface area contributed by atoms with Gasteiger partial charge in [-0.3, -0.25) is 9.59 Å². The number of carboxylic acids is 1. The van der Waals surface area contributed by atoms with Gasteiger partial charge in [0.15, 0.2) is 5.78 Å². The van der Waals surface area contributed by atoms with Crippen LogP contribution in [-0.2, 0) is 4.79 Å². The van der Waals surface area contributed by atoms with Crippen LogP contribution in [0.3, 0.4) is 0 Å². The van der Waals surface area contributed by atoms with E-state index >= 15 is 0 Å². The molecule has 0 radical (unpaired) electrons. The summed E-state index contributed by atoms with van der Waals surface area (Å²) in [7, 11) is 0. The number of carbonyl (C=O) groups is 2. The number of rotatable bonds is 6. The van der Waals surface area contributed by atoms with Crippen molar-refractivity contribution in [2.45, 2.75) is 19.8 Å². The molecule has 4 nitrogen and oxygen atoms in total. The summed E-state index contributed by atoms with van der Waals surface area (Å²) >= 11 is 0. The summed E-state index contributed by atoms with van der Waals surface area (Å²) < 4.78 is 5.33. The van der Waals surface area contributed by atoms with Crippen molar-refractivity contribution in [1.82, 2.24) is 0 Å². The normalized spacial score (nSPS) is 9.81. The highest BCUT2D eigenvalue weighted by Crippen LogP contribution is 2.14. The summed E-state index contributed by atoms with van der Waals surface area (Å²) in [6, 6.07) is 6.85. The summed E-state index contributed by atoms with van der Waals surface area (Å²) in [5.41, 5.74) is 0.593. The number of hydrogen-bond donors (Lipinski definition) is 1. The molecule has 0 aromatic heterocycles. The van der Waals surface area contributed by atoms with Gasteiger partial charge in [-0.1, -0.05) is 12.1 Å². The minimum absolute atomic E-state index is 0.0176. The molecule has 0 amide bonds. The van der Waals surface area contributed by atoms with Crippen LogP contribution in [0.4, 0.5) is 0 Å². The second-order valence-electron chi connectivity index (χ2n) is 3.43. The van der Waals surface area contributed by atoms with Crippen LogP contribution in [0.2, 0.25) is 0 Å². The number of carboxylic acid groups (broad SMARTS) is 1. The summed E-state index contributed by atoms with van der Waals surface area (Å²) in [5, 5.41) is 8.43. The molecule has 0 aliphatic rings. The maximum absolute atomic E-state index is 11.1.